The molecule has 1 aromatic carbocycles. The summed E-state index contributed by atoms with van der Waals surface area (Å²) in [5, 5.41) is 13.1. The summed E-state index contributed by atoms with van der Waals surface area (Å²) in [7, 11) is -3.79. The van der Waals surface area contributed by atoms with Crippen molar-refractivity contribution >= 4 is 22.0 Å². The minimum atomic E-state index is -3.79. The molecule has 0 bridgehead atoms. The number of imide groups is 1. The number of halogens is 2. The van der Waals surface area contributed by atoms with Gasteiger partial charge in [0.2, 0.25) is 15.9 Å². The maximum Gasteiger partial charge on any atom is 0.324 e. The summed E-state index contributed by atoms with van der Waals surface area (Å²) in [5.74, 6) is -0.584. The maximum atomic E-state index is 12.3. The van der Waals surface area contributed by atoms with Crippen LogP contribution in [0.25, 0.3) is 0 Å². The van der Waals surface area contributed by atoms with Gasteiger partial charge in [-0.1, -0.05) is 31.2 Å². The van der Waals surface area contributed by atoms with E-state index in [2.05, 4.69) is 10.0 Å². The van der Waals surface area contributed by atoms with E-state index in [4.69, 9.17) is 4.74 Å². The lowest BCUT2D eigenvalue weighted by atomic mass is 9.91. The Bertz CT molecular complexity index is 941. The molecule has 1 heterocycles. The Morgan fingerprint density at radius 1 is 1.34 bits per heavy atom. The standard InChI is InChI=1S/C20H27F2N3O6S/c1-2-20(28,15-6-5-7-16(12-15)31-13-17(21)22)14-23-32(29,30)11-4-3-9-25-10-8-18(26)24-19(25)27/h3-7,12,17,23,28H,2,8-11,13-14H2,1H3,(H,24,26,27)/b4-3+/t20-/m1/s1. The minimum absolute atomic E-state index is 0.143. The number of ether oxygens (including phenoxy) is 1. The van der Waals surface area contributed by atoms with Crippen molar-refractivity contribution in [1.29, 1.82) is 0 Å². The maximum absolute atomic E-state index is 12.3. The van der Waals surface area contributed by atoms with E-state index in [1.165, 1.54) is 35.3 Å². The quantitative estimate of drug-likeness (QED) is 0.392. The first kappa shape index (κ1) is 25.7. The molecule has 32 heavy (non-hydrogen) atoms. The van der Waals surface area contributed by atoms with Crippen LogP contribution in [0.4, 0.5) is 13.6 Å². The summed E-state index contributed by atoms with van der Waals surface area (Å²) in [4.78, 5) is 24.1. The number of amides is 3. The van der Waals surface area contributed by atoms with E-state index in [9.17, 15) is 31.9 Å². The Hall–Kier alpha value is -2.57. The molecule has 0 radical (unpaired) electrons. The Kier molecular flexibility index (Phi) is 9.10. The number of hydrogen-bond donors (Lipinski definition) is 3. The van der Waals surface area contributed by atoms with Gasteiger partial charge in [0.15, 0.2) is 0 Å². The van der Waals surface area contributed by atoms with Crippen LogP contribution < -0.4 is 14.8 Å². The van der Waals surface area contributed by atoms with Gasteiger partial charge in [-0.3, -0.25) is 10.1 Å². The van der Waals surface area contributed by atoms with Gasteiger partial charge in [0.25, 0.3) is 6.43 Å². The number of benzene rings is 1. The predicted octanol–water partition coefficient (Wildman–Crippen LogP) is 1.35. The average molecular weight is 476 g/mol. The summed E-state index contributed by atoms with van der Waals surface area (Å²) >= 11 is 0. The Morgan fingerprint density at radius 2 is 2.09 bits per heavy atom. The van der Waals surface area contributed by atoms with Gasteiger partial charge in [-0.25, -0.2) is 26.7 Å². The zero-order valence-electron chi connectivity index (χ0n) is 17.6. The molecule has 1 fully saturated rings. The first-order valence-corrected chi connectivity index (χ1v) is 11.6. The van der Waals surface area contributed by atoms with Crippen molar-refractivity contribution in [3.8, 4) is 5.75 Å². The third-order valence-electron chi connectivity index (χ3n) is 4.87. The van der Waals surface area contributed by atoms with Crippen LogP contribution in [0.3, 0.4) is 0 Å². The number of carbonyl (C=O) groups excluding carboxylic acids is 2. The SMILES string of the molecule is CC[C@@](O)(CNS(=O)(=O)C/C=C/CN1CCC(=O)NC1=O)c1cccc(OCC(F)F)c1. The van der Waals surface area contributed by atoms with Gasteiger partial charge in [-0.05, 0) is 24.1 Å². The van der Waals surface area contributed by atoms with Crippen LogP contribution in [-0.2, 0) is 20.4 Å². The largest absolute Gasteiger partial charge is 0.488 e. The Labute approximate surface area is 185 Å². The summed E-state index contributed by atoms with van der Waals surface area (Å²) in [6.07, 6.45) is 0.575. The van der Waals surface area contributed by atoms with Gasteiger partial charge in [-0.2, -0.15) is 0 Å². The van der Waals surface area contributed by atoms with E-state index in [-0.39, 0.29) is 49.9 Å². The molecule has 2 rings (SSSR count). The molecule has 1 aromatic rings. The van der Waals surface area contributed by atoms with Gasteiger partial charge in [0.1, 0.15) is 18.0 Å². The van der Waals surface area contributed by atoms with Crippen molar-refractivity contribution in [3.63, 3.8) is 0 Å². The topological polar surface area (TPSA) is 125 Å². The van der Waals surface area contributed by atoms with Crippen LogP contribution in [-0.4, -0.2) is 68.8 Å². The number of rotatable bonds is 12. The number of nitrogens with zero attached hydrogens (tertiary/aromatic N) is 1. The van der Waals surface area contributed by atoms with E-state index in [0.29, 0.717) is 5.56 Å². The molecule has 3 N–H and O–H groups in total. The summed E-state index contributed by atoms with van der Waals surface area (Å²) in [6, 6.07) is 5.42. The zero-order valence-corrected chi connectivity index (χ0v) is 18.4. The summed E-state index contributed by atoms with van der Waals surface area (Å²) in [5.41, 5.74) is -1.24. The van der Waals surface area contributed by atoms with Crippen LogP contribution in [0, 0.1) is 0 Å². The second-order valence-corrected chi connectivity index (χ2v) is 9.09. The predicted molar refractivity (Wildman–Crippen MR) is 113 cm³/mol. The minimum Gasteiger partial charge on any atom is -0.488 e. The average Bonchev–Trinajstić information content (AvgIpc) is 2.75. The van der Waals surface area contributed by atoms with Gasteiger partial charge in [-0.15, -0.1) is 0 Å². The fraction of sp³-hybridized carbons (Fsp3) is 0.500. The van der Waals surface area contributed by atoms with Crippen LogP contribution in [0.2, 0.25) is 0 Å². The molecule has 178 valence electrons. The fourth-order valence-electron chi connectivity index (χ4n) is 2.92. The van der Waals surface area contributed by atoms with E-state index in [0.717, 1.165) is 0 Å². The van der Waals surface area contributed by atoms with Gasteiger partial charge in [0.05, 0.1) is 5.75 Å². The summed E-state index contributed by atoms with van der Waals surface area (Å²) in [6.45, 7) is 0.953. The normalized spacial score (nSPS) is 17.0. The second kappa shape index (κ2) is 11.3. The van der Waals surface area contributed by atoms with Crippen LogP contribution in [0.15, 0.2) is 36.4 Å². The molecule has 0 unspecified atom stereocenters. The first-order chi connectivity index (χ1) is 15.0. The number of alkyl halides is 2. The highest BCUT2D eigenvalue weighted by atomic mass is 32.2. The van der Waals surface area contributed by atoms with Crippen LogP contribution in [0.5, 0.6) is 5.75 Å². The molecule has 1 saturated heterocycles. The zero-order chi connectivity index (χ0) is 23.8. The number of sulfonamides is 1. The fourth-order valence-corrected chi connectivity index (χ4v) is 3.89. The molecule has 1 aliphatic heterocycles. The number of aliphatic hydroxyl groups is 1. The van der Waals surface area contributed by atoms with Crippen molar-refractivity contribution in [2.75, 3.05) is 32.0 Å². The molecular formula is C20H27F2N3O6S. The van der Waals surface area contributed by atoms with Crippen molar-refractivity contribution in [3.05, 3.63) is 42.0 Å². The molecular weight excluding hydrogens is 448 g/mol. The van der Waals surface area contributed by atoms with Crippen LogP contribution >= 0.6 is 0 Å². The molecule has 0 spiro atoms. The molecule has 9 nitrogen and oxygen atoms in total. The molecule has 1 aliphatic rings. The van der Waals surface area contributed by atoms with E-state index < -0.39 is 34.7 Å². The van der Waals surface area contributed by atoms with E-state index >= 15 is 0 Å². The molecule has 0 saturated carbocycles. The number of hydrogen-bond acceptors (Lipinski definition) is 6. The highest BCUT2D eigenvalue weighted by Gasteiger charge is 2.29. The molecule has 3 amide bonds. The number of carbonyl (C=O) groups is 2. The van der Waals surface area contributed by atoms with Crippen molar-refractivity contribution in [2.24, 2.45) is 0 Å². The summed E-state index contributed by atoms with van der Waals surface area (Å²) < 4.78 is 56.6. The third kappa shape index (κ3) is 7.84. The first-order valence-electron chi connectivity index (χ1n) is 9.99. The van der Waals surface area contributed by atoms with Gasteiger partial charge < -0.3 is 14.7 Å². The highest BCUT2D eigenvalue weighted by molar-refractivity contribution is 7.89. The monoisotopic (exact) mass is 475 g/mol. The lowest BCUT2D eigenvalue weighted by Gasteiger charge is -2.28. The molecule has 12 heteroatoms. The van der Waals surface area contributed by atoms with Gasteiger partial charge in [0, 0.05) is 26.1 Å². The Balaban J connectivity index is 1.92. The molecule has 0 aliphatic carbocycles. The molecule has 1 atom stereocenters. The Morgan fingerprint density at radius 3 is 2.75 bits per heavy atom. The number of urea groups is 1. The van der Waals surface area contributed by atoms with Crippen molar-refractivity contribution in [2.45, 2.75) is 31.8 Å². The van der Waals surface area contributed by atoms with E-state index in [1.807, 2.05) is 0 Å². The highest BCUT2D eigenvalue weighted by Crippen LogP contribution is 2.27. The van der Waals surface area contributed by atoms with Crippen molar-refractivity contribution < 1.29 is 36.6 Å². The van der Waals surface area contributed by atoms with Gasteiger partial charge >= 0.3 is 6.03 Å². The second-order valence-electron chi connectivity index (χ2n) is 7.24. The third-order valence-corrected chi connectivity index (χ3v) is 6.08. The number of nitrogens with one attached hydrogen (secondary N) is 2. The molecule has 0 aromatic heterocycles. The van der Waals surface area contributed by atoms with Crippen molar-refractivity contribution in [1.82, 2.24) is 14.9 Å². The smallest absolute Gasteiger partial charge is 0.324 e. The lowest BCUT2D eigenvalue weighted by molar-refractivity contribution is -0.121. The lowest BCUT2D eigenvalue weighted by Crippen LogP contribution is -2.49. The van der Waals surface area contributed by atoms with Crippen LogP contribution in [0.1, 0.15) is 25.3 Å². The van der Waals surface area contributed by atoms with E-state index in [1.54, 1.807) is 13.0 Å².